The lowest BCUT2D eigenvalue weighted by atomic mass is 9.91. The highest BCUT2D eigenvalue weighted by Crippen LogP contribution is 2.26. The number of esters is 3. The molecule has 174 valence electrons. The van der Waals surface area contributed by atoms with Crippen molar-refractivity contribution in [3.05, 3.63) is 101 Å². The number of methoxy groups -OCH3 is 2. The summed E-state index contributed by atoms with van der Waals surface area (Å²) in [5.41, 5.74) is 1.62. The second-order valence-electron chi connectivity index (χ2n) is 7.15. The van der Waals surface area contributed by atoms with Crippen molar-refractivity contribution in [1.82, 2.24) is 0 Å². The molecule has 1 amide bonds. The highest BCUT2D eigenvalue weighted by atomic mass is 16.5. The van der Waals surface area contributed by atoms with Gasteiger partial charge in [-0.2, -0.15) is 0 Å². The number of carbonyl (C=O) groups is 4. The predicted molar refractivity (Wildman–Crippen MR) is 123 cm³/mol. The molecule has 0 unspecified atom stereocenters. The van der Waals surface area contributed by atoms with Gasteiger partial charge in [0.25, 0.3) is 5.91 Å². The molecular weight excluding hydrogens is 438 g/mol. The molecule has 1 N–H and O–H groups in total. The van der Waals surface area contributed by atoms with Gasteiger partial charge in [0.2, 0.25) is 0 Å². The first-order valence-electron chi connectivity index (χ1n) is 10.3. The van der Waals surface area contributed by atoms with E-state index in [4.69, 9.17) is 9.47 Å². The third kappa shape index (κ3) is 5.86. The van der Waals surface area contributed by atoms with E-state index < -0.39 is 36.3 Å². The molecule has 0 spiro atoms. The van der Waals surface area contributed by atoms with Gasteiger partial charge in [0.15, 0.2) is 6.61 Å². The van der Waals surface area contributed by atoms with Crippen LogP contribution in [-0.2, 0) is 23.8 Å². The monoisotopic (exact) mass is 461 g/mol. The van der Waals surface area contributed by atoms with E-state index in [9.17, 15) is 19.2 Å². The number of ether oxygens (including phenoxy) is 3. The SMILES string of the molecule is COC(=O)c1ccc(C(=O)OC)c(NC(=O)COC(=O)C(c2ccccc2)c2ccccc2)c1. The Kier molecular flexibility index (Phi) is 8.12. The average Bonchev–Trinajstić information content (AvgIpc) is 2.88. The fraction of sp³-hybridized carbons (Fsp3) is 0.154. The minimum absolute atomic E-state index is 0.0264. The highest BCUT2D eigenvalue weighted by Gasteiger charge is 2.25. The maximum absolute atomic E-state index is 13.0. The Labute approximate surface area is 196 Å². The summed E-state index contributed by atoms with van der Waals surface area (Å²) in [6.07, 6.45) is 0. The number of hydrogen-bond donors (Lipinski definition) is 1. The Hall–Kier alpha value is -4.46. The van der Waals surface area contributed by atoms with Crippen LogP contribution in [0.5, 0.6) is 0 Å². The number of rotatable bonds is 8. The zero-order valence-corrected chi connectivity index (χ0v) is 18.6. The average molecular weight is 461 g/mol. The van der Waals surface area contributed by atoms with Gasteiger partial charge < -0.3 is 19.5 Å². The van der Waals surface area contributed by atoms with Crippen molar-refractivity contribution >= 4 is 29.5 Å². The molecule has 0 aromatic heterocycles. The summed E-state index contributed by atoms with van der Waals surface area (Å²) in [5.74, 6) is -3.38. The van der Waals surface area contributed by atoms with Crippen LogP contribution in [0.25, 0.3) is 0 Å². The second kappa shape index (κ2) is 11.4. The Balaban J connectivity index is 1.76. The molecule has 8 nitrogen and oxygen atoms in total. The van der Waals surface area contributed by atoms with Gasteiger partial charge >= 0.3 is 17.9 Å². The molecule has 3 aromatic rings. The van der Waals surface area contributed by atoms with Gasteiger partial charge in [0.1, 0.15) is 5.92 Å². The van der Waals surface area contributed by atoms with E-state index in [0.29, 0.717) is 0 Å². The fourth-order valence-corrected chi connectivity index (χ4v) is 3.34. The van der Waals surface area contributed by atoms with Crippen LogP contribution >= 0.6 is 0 Å². The maximum atomic E-state index is 13.0. The third-order valence-electron chi connectivity index (χ3n) is 4.97. The van der Waals surface area contributed by atoms with E-state index in [-0.39, 0.29) is 16.8 Å². The van der Waals surface area contributed by atoms with Crippen molar-refractivity contribution in [3.63, 3.8) is 0 Å². The smallest absolute Gasteiger partial charge is 0.339 e. The van der Waals surface area contributed by atoms with E-state index in [0.717, 1.165) is 11.1 Å². The molecule has 0 radical (unpaired) electrons. The van der Waals surface area contributed by atoms with Crippen molar-refractivity contribution in [2.24, 2.45) is 0 Å². The molecule has 3 aromatic carbocycles. The van der Waals surface area contributed by atoms with Gasteiger partial charge in [-0.25, -0.2) is 9.59 Å². The molecule has 0 fully saturated rings. The maximum Gasteiger partial charge on any atom is 0.339 e. The van der Waals surface area contributed by atoms with E-state index in [1.54, 1.807) is 24.3 Å². The number of carbonyl (C=O) groups excluding carboxylic acids is 4. The quantitative estimate of drug-likeness (QED) is 0.404. The van der Waals surface area contributed by atoms with Crippen molar-refractivity contribution < 1.29 is 33.4 Å². The zero-order chi connectivity index (χ0) is 24.5. The minimum Gasteiger partial charge on any atom is -0.465 e. The van der Waals surface area contributed by atoms with E-state index in [1.165, 1.54) is 32.4 Å². The predicted octanol–water partition coefficient (Wildman–Crippen LogP) is 3.57. The summed E-state index contributed by atoms with van der Waals surface area (Å²) in [7, 11) is 2.40. The van der Waals surface area contributed by atoms with Gasteiger partial charge in [0, 0.05) is 0 Å². The van der Waals surface area contributed by atoms with Gasteiger partial charge in [-0.1, -0.05) is 60.7 Å². The molecule has 3 rings (SSSR count). The Morgan fingerprint density at radius 2 is 1.32 bits per heavy atom. The number of amides is 1. The fourth-order valence-electron chi connectivity index (χ4n) is 3.34. The first-order chi connectivity index (χ1) is 16.4. The molecule has 0 aliphatic carbocycles. The van der Waals surface area contributed by atoms with Crippen LogP contribution in [0.3, 0.4) is 0 Å². The van der Waals surface area contributed by atoms with Crippen molar-refractivity contribution in [2.75, 3.05) is 26.1 Å². The van der Waals surface area contributed by atoms with Crippen molar-refractivity contribution in [1.29, 1.82) is 0 Å². The number of nitrogens with one attached hydrogen (secondary N) is 1. The molecule has 0 saturated heterocycles. The lowest BCUT2D eigenvalue weighted by Gasteiger charge is -2.17. The third-order valence-corrected chi connectivity index (χ3v) is 4.97. The summed E-state index contributed by atoms with van der Waals surface area (Å²) in [6, 6.07) is 22.1. The second-order valence-corrected chi connectivity index (χ2v) is 7.15. The largest absolute Gasteiger partial charge is 0.465 e. The summed E-state index contributed by atoms with van der Waals surface area (Å²) in [6.45, 7) is -0.599. The molecule has 8 heteroatoms. The van der Waals surface area contributed by atoms with Crippen LogP contribution in [0, 0.1) is 0 Å². The molecule has 0 saturated carbocycles. The Morgan fingerprint density at radius 3 is 1.85 bits per heavy atom. The Morgan fingerprint density at radius 1 is 0.765 bits per heavy atom. The summed E-state index contributed by atoms with van der Waals surface area (Å²) < 4.78 is 14.7. The number of anilines is 1. The topological polar surface area (TPSA) is 108 Å². The van der Waals surface area contributed by atoms with Gasteiger partial charge in [-0.15, -0.1) is 0 Å². The highest BCUT2D eigenvalue weighted by molar-refractivity contribution is 6.04. The summed E-state index contributed by atoms with van der Waals surface area (Å²) >= 11 is 0. The zero-order valence-electron chi connectivity index (χ0n) is 18.6. The van der Waals surface area contributed by atoms with Crippen LogP contribution in [0.2, 0.25) is 0 Å². The molecular formula is C26H23NO7. The van der Waals surface area contributed by atoms with Gasteiger partial charge in [-0.3, -0.25) is 9.59 Å². The van der Waals surface area contributed by atoms with Gasteiger partial charge in [0.05, 0.1) is 31.0 Å². The first-order valence-corrected chi connectivity index (χ1v) is 10.3. The molecule has 0 aliphatic rings. The summed E-state index contributed by atoms with van der Waals surface area (Å²) in [4.78, 5) is 49.4. The minimum atomic E-state index is -0.719. The summed E-state index contributed by atoms with van der Waals surface area (Å²) in [5, 5.41) is 2.49. The van der Waals surface area contributed by atoms with E-state index >= 15 is 0 Å². The van der Waals surface area contributed by atoms with E-state index in [2.05, 4.69) is 10.1 Å². The number of hydrogen-bond acceptors (Lipinski definition) is 7. The first kappa shape index (κ1) is 24.2. The normalized spacial score (nSPS) is 10.3. The van der Waals surface area contributed by atoms with Crippen LogP contribution in [-0.4, -0.2) is 44.6 Å². The molecule has 0 aliphatic heterocycles. The Bertz CT molecular complexity index is 1140. The van der Waals surface area contributed by atoms with Crippen LogP contribution in [0.15, 0.2) is 78.9 Å². The lowest BCUT2D eigenvalue weighted by molar-refractivity contribution is -0.147. The molecule has 34 heavy (non-hydrogen) atoms. The van der Waals surface area contributed by atoms with Crippen molar-refractivity contribution in [3.8, 4) is 0 Å². The van der Waals surface area contributed by atoms with Crippen LogP contribution in [0.1, 0.15) is 37.8 Å². The molecule has 0 bridgehead atoms. The van der Waals surface area contributed by atoms with Gasteiger partial charge in [-0.05, 0) is 29.3 Å². The molecule has 0 atom stereocenters. The molecule has 0 heterocycles. The lowest BCUT2D eigenvalue weighted by Crippen LogP contribution is -2.25. The van der Waals surface area contributed by atoms with E-state index in [1.807, 2.05) is 36.4 Å². The van der Waals surface area contributed by atoms with Crippen LogP contribution in [0.4, 0.5) is 5.69 Å². The van der Waals surface area contributed by atoms with Crippen LogP contribution < -0.4 is 5.32 Å². The standard InChI is InChI=1S/C26H23NO7/c1-32-24(29)19-13-14-20(25(30)33-2)21(15-19)27-22(28)16-34-26(31)23(17-9-5-3-6-10-17)18-11-7-4-8-12-18/h3-15,23H,16H2,1-2H3,(H,27,28). The number of benzene rings is 3. The van der Waals surface area contributed by atoms with Crippen molar-refractivity contribution in [2.45, 2.75) is 5.92 Å².